The van der Waals surface area contributed by atoms with Crippen molar-refractivity contribution in [2.24, 2.45) is 5.41 Å². The number of nitrogen functional groups attached to an aromatic ring is 1. The van der Waals surface area contributed by atoms with Crippen LogP contribution in [-0.4, -0.2) is 43.9 Å². The number of aryl methyl sites for hydroxylation is 1. The summed E-state index contributed by atoms with van der Waals surface area (Å²) in [5.41, 5.74) is 6.87. The van der Waals surface area contributed by atoms with Gasteiger partial charge in [-0.2, -0.15) is 4.31 Å². The lowest BCUT2D eigenvalue weighted by atomic mass is 9.78. The first-order valence-electron chi connectivity index (χ1n) is 7.36. The SMILES string of the molecule is Cc1cnc(N)c(S(=O)(=O)N2CCC3(CCNC3)CC2)c1. The van der Waals surface area contributed by atoms with Gasteiger partial charge in [0.05, 0.1) is 0 Å². The molecule has 116 valence electrons. The Balaban J connectivity index is 1.82. The molecule has 0 amide bonds. The van der Waals surface area contributed by atoms with Gasteiger partial charge in [0.1, 0.15) is 10.7 Å². The molecule has 2 fully saturated rings. The van der Waals surface area contributed by atoms with E-state index >= 15 is 0 Å². The van der Waals surface area contributed by atoms with Crippen LogP contribution < -0.4 is 11.1 Å². The molecule has 0 radical (unpaired) electrons. The number of hydrogen-bond donors (Lipinski definition) is 2. The van der Waals surface area contributed by atoms with E-state index in [2.05, 4.69) is 10.3 Å². The van der Waals surface area contributed by atoms with E-state index in [9.17, 15) is 8.42 Å². The minimum absolute atomic E-state index is 0.0865. The highest BCUT2D eigenvalue weighted by Crippen LogP contribution is 2.38. The number of aromatic nitrogens is 1. The molecule has 3 heterocycles. The molecular formula is C14H22N4O2S. The third kappa shape index (κ3) is 2.65. The van der Waals surface area contributed by atoms with Gasteiger partial charge in [0.2, 0.25) is 10.0 Å². The Kier molecular flexibility index (Phi) is 3.67. The van der Waals surface area contributed by atoms with E-state index in [4.69, 9.17) is 5.73 Å². The van der Waals surface area contributed by atoms with E-state index in [1.165, 1.54) is 0 Å². The molecule has 6 nitrogen and oxygen atoms in total. The molecule has 0 bridgehead atoms. The van der Waals surface area contributed by atoms with Gasteiger partial charge in [-0.15, -0.1) is 0 Å². The maximum Gasteiger partial charge on any atom is 0.246 e. The lowest BCUT2D eigenvalue weighted by Gasteiger charge is -2.38. The van der Waals surface area contributed by atoms with Crippen LogP contribution in [-0.2, 0) is 10.0 Å². The number of anilines is 1. The second-order valence-electron chi connectivity index (χ2n) is 6.23. The fourth-order valence-corrected chi connectivity index (χ4v) is 4.92. The summed E-state index contributed by atoms with van der Waals surface area (Å²) in [6.45, 7) is 5.01. The lowest BCUT2D eigenvalue weighted by Crippen LogP contribution is -2.44. The molecule has 7 heteroatoms. The summed E-state index contributed by atoms with van der Waals surface area (Å²) < 4.78 is 27.1. The topological polar surface area (TPSA) is 88.3 Å². The van der Waals surface area contributed by atoms with Crippen LogP contribution >= 0.6 is 0 Å². The highest BCUT2D eigenvalue weighted by Gasteiger charge is 2.40. The fourth-order valence-electron chi connectivity index (χ4n) is 3.32. The van der Waals surface area contributed by atoms with Gasteiger partial charge >= 0.3 is 0 Å². The molecule has 21 heavy (non-hydrogen) atoms. The Morgan fingerprint density at radius 2 is 2.05 bits per heavy atom. The smallest absolute Gasteiger partial charge is 0.246 e. The second-order valence-corrected chi connectivity index (χ2v) is 8.13. The first kappa shape index (κ1) is 14.7. The summed E-state index contributed by atoms with van der Waals surface area (Å²) in [4.78, 5) is 4.11. The van der Waals surface area contributed by atoms with E-state index < -0.39 is 10.0 Å². The summed E-state index contributed by atoms with van der Waals surface area (Å²) in [7, 11) is -3.54. The third-order valence-electron chi connectivity index (χ3n) is 4.75. The molecule has 1 aromatic rings. The second kappa shape index (κ2) is 5.23. The van der Waals surface area contributed by atoms with Gasteiger partial charge in [0, 0.05) is 25.8 Å². The number of nitrogens with zero attached hydrogens (tertiary/aromatic N) is 2. The predicted molar refractivity (Wildman–Crippen MR) is 81.3 cm³/mol. The zero-order chi connectivity index (χ0) is 15.1. The monoisotopic (exact) mass is 310 g/mol. The van der Waals surface area contributed by atoms with Crippen molar-refractivity contribution in [1.29, 1.82) is 0 Å². The van der Waals surface area contributed by atoms with Crippen LogP contribution in [0.15, 0.2) is 17.2 Å². The van der Waals surface area contributed by atoms with Crippen LogP contribution in [0.25, 0.3) is 0 Å². The van der Waals surface area contributed by atoms with Crippen molar-refractivity contribution in [2.45, 2.75) is 31.1 Å². The van der Waals surface area contributed by atoms with Gasteiger partial charge in [-0.25, -0.2) is 13.4 Å². The fraction of sp³-hybridized carbons (Fsp3) is 0.643. The minimum Gasteiger partial charge on any atom is -0.383 e. The Morgan fingerprint density at radius 1 is 1.33 bits per heavy atom. The average Bonchev–Trinajstić information content (AvgIpc) is 2.90. The zero-order valence-corrected chi connectivity index (χ0v) is 13.1. The zero-order valence-electron chi connectivity index (χ0n) is 12.3. The van der Waals surface area contributed by atoms with E-state index in [0.717, 1.165) is 37.9 Å². The highest BCUT2D eigenvalue weighted by molar-refractivity contribution is 7.89. The Morgan fingerprint density at radius 3 is 2.67 bits per heavy atom. The number of rotatable bonds is 2. The molecule has 0 aromatic carbocycles. The molecule has 2 aliphatic rings. The summed E-state index contributed by atoms with van der Waals surface area (Å²) in [5.74, 6) is 0.0865. The van der Waals surface area contributed by atoms with Crippen molar-refractivity contribution in [1.82, 2.24) is 14.6 Å². The van der Waals surface area contributed by atoms with Crippen molar-refractivity contribution in [3.05, 3.63) is 17.8 Å². The summed E-state index contributed by atoms with van der Waals surface area (Å²) >= 11 is 0. The van der Waals surface area contributed by atoms with Crippen molar-refractivity contribution >= 4 is 15.8 Å². The molecule has 0 atom stereocenters. The van der Waals surface area contributed by atoms with E-state index in [1.54, 1.807) is 16.6 Å². The molecular weight excluding hydrogens is 288 g/mol. The summed E-state index contributed by atoms with van der Waals surface area (Å²) in [5, 5.41) is 3.39. The number of sulfonamides is 1. The number of piperidine rings is 1. The van der Waals surface area contributed by atoms with Gasteiger partial charge in [0.25, 0.3) is 0 Å². The number of pyridine rings is 1. The van der Waals surface area contributed by atoms with Crippen molar-refractivity contribution < 1.29 is 8.42 Å². The normalized spacial score (nSPS) is 22.7. The number of nitrogens with two attached hydrogens (primary N) is 1. The van der Waals surface area contributed by atoms with Crippen molar-refractivity contribution in [2.75, 3.05) is 31.9 Å². The van der Waals surface area contributed by atoms with Crippen molar-refractivity contribution in [3.8, 4) is 0 Å². The molecule has 0 saturated carbocycles. The molecule has 3 N–H and O–H groups in total. The Bertz CT molecular complexity index is 628. The highest BCUT2D eigenvalue weighted by atomic mass is 32.2. The van der Waals surface area contributed by atoms with Crippen LogP contribution in [0.3, 0.4) is 0 Å². The molecule has 1 aromatic heterocycles. The first-order chi connectivity index (χ1) is 9.93. The first-order valence-corrected chi connectivity index (χ1v) is 8.80. The molecule has 2 aliphatic heterocycles. The molecule has 1 spiro atoms. The van der Waals surface area contributed by atoms with Gasteiger partial charge < -0.3 is 11.1 Å². The Labute approximate surface area is 125 Å². The summed E-state index contributed by atoms with van der Waals surface area (Å²) in [6.07, 6.45) is 4.57. The molecule has 0 aliphatic carbocycles. The standard InChI is InChI=1S/C14H22N4O2S/c1-11-8-12(13(15)17-9-11)21(19,20)18-6-3-14(4-7-18)2-5-16-10-14/h8-9,16H,2-7,10H2,1H3,(H2,15,17). The van der Waals surface area contributed by atoms with Gasteiger partial charge in [-0.3, -0.25) is 0 Å². The van der Waals surface area contributed by atoms with Gasteiger partial charge in [0.15, 0.2) is 0 Å². The van der Waals surface area contributed by atoms with Gasteiger partial charge in [-0.05, 0) is 49.8 Å². The summed E-state index contributed by atoms with van der Waals surface area (Å²) in [6, 6.07) is 1.61. The molecule has 0 unspecified atom stereocenters. The number of hydrogen-bond acceptors (Lipinski definition) is 5. The molecule has 3 rings (SSSR count). The quantitative estimate of drug-likeness (QED) is 0.841. The van der Waals surface area contributed by atoms with Crippen LogP contribution in [0.4, 0.5) is 5.82 Å². The third-order valence-corrected chi connectivity index (χ3v) is 6.68. The van der Waals surface area contributed by atoms with E-state index in [-0.39, 0.29) is 10.7 Å². The predicted octanol–water partition coefficient (Wildman–Crippen LogP) is 0.736. The van der Waals surface area contributed by atoms with E-state index in [1.807, 2.05) is 6.92 Å². The minimum atomic E-state index is -3.54. The van der Waals surface area contributed by atoms with Crippen LogP contribution in [0.2, 0.25) is 0 Å². The largest absolute Gasteiger partial charge is 0.383 e. The Hall–Kier alpha value is -1.18. The maximum absolute atomic E-state index is 12.8. The van der Waals surface area contributed by atoms with Gasteiger partial charge in [-0.1, -0.05) is 0 Å². The lowest BCUT2D eigenvalue weighted by molar-refractivity contribution is 0.175. The van der Waals surface area contributed by atoms with Crippen LogP contribution in [0.1, 0.15) is 24.8 Å². The van der Waals surface area contributed by atoms with Crippen molar-refractivity contribution in [3.63, 3.8) is 0 Å². The number of nitrogens with one attached hydrogen (secondary N) is 1. The van der Waals surface area contributed by atoms with Crippen LogP contribution in [0.5, 0.6) is 0 Å². The van der Waals surface area contributed by atoms with Crippen LogP contribution in [0, 0.1) is 12.3 Å². The van der Waals surface area contributed by atoms with E-state index in [0.29, 0.717) is 18.5 Å². The molecule has 2 saturated heterocycles. The maximum atomic E-state index is 12.8. The average molecular weight is 310 g/mol.